The molecule has 1 amide bonds. The van der Waals surface area contributed by atoms with E-state index in [0.29, 0.717) is 19.1 Å². The third kappa shape index (κ3) is 9.40. The van der Waals surface area contributed by atoms with Gasteiger partial charge in [-0.3, -0.25) is 24.3 Å². The number of Topliss-reactive ketones (excluding diaryl/α,β-unsaturated/α-hetero) is 1. The normalized spacial score (nSPS) is 32.4. The summed E-state index contributed by atoms with van der Waals surface area (Å²) in [5.41, 5.74) is -0.293. The van der Waals surface area contributed by atoms with Crippen molar-refractivity contribution in [2.75, 3.05) is 38.6 Å². The summed E-state index contributed by atoms with van der Waals surface area (Å²) >= 11 is 0. The molecule has 9 atom stereocenters. The Morgan fingerprint density at radius 1 is 0.921 bits per heavy atom. The average molecular weight is 877 g/mol. The average Bonchev–Trinajstić information content (AvgIpc) is 3.89. The van der Waals surface area contributed by atoms with Crippen molar-refractivity contribution in [3.63, 3.8) is 0 Å². The second-order valence-electron chi connectivity index (χ2n) is 17.8. The van der Waals surface area contributed by atoms with Crippen molar-refractivity contribution in [2.45, 2.75) is 117 Å². The van der Waals surface area contributed by atoms with E-state index >= 15 is 0 Å². The number of methoxy groups -OCH3 is 1. The largest absolute Gasteiger partial charge is 0.507 e. The number of rotatable bonds is 5. The highest BCUT2D eigenvalue weighted by molar-refractivity contribution is 6.23. The quantitative estimate of drug-likeness (QED) is 0.0926. The number of nitrogens with zero attached hydrogens (tertiary/aromatic N) is 3. The molecule has 2 aromatic carbocycles. The number of carbonyl (C=O) groups excluding carboxylic acids is 3. The molecule has 2 fully saturated rings. The van der Waals surface area contributed by atoms with Crippen LogP contribution in [0.1, 0.15) is 95.6 Å². The molecule has 0 radical (unpaired) electrons. The number of hydrazone groups is 1. The zero-order valence-corrected chi connectivity index (χ0v) is 37.8. The SMILES string of the molecule is CO[C@H]1/C=C\O[C@@]2(C)Oc3c(C)c(O)c4c(O)c(c(C=NN5CCN(C6CCCC6)CC5)c(O)c4c3C2=O)NC(=O)/C(C)=C\C=C/[C@H](C)[C@H](O)[C@@H](C)[C@@H](O)[C@@H](C)[C@H](OC(C)=O)[C@@H]1C. The van der Waals surface area contributed by atoms with Crippen molar-refractivity contribution >= 4 is 40.3 Å². The fraction of sp³-hybridized carbons (Fsp3) is 0.574. The number of ketones is 1. The summed E-state index contributed by atoms with van der Waals surface area (Å²) in [6.07, 6.45) is 9.75. The van der Waals surface area contributed by atoms with E-state index in [-0.39, 0.29) is 44.5 Å². The highest BCUT2D eigenvalue weighted by Gasteiger charge is 2.50. The molecule has 1 saturated carbocycles. The molecule has 2 aromatic rings. The Balaban J connectivity index is 1.47. The molecule has 0 unspecified atom stereocenters. The Bertz CT molecular complexity index is 2190. The fourth-order valence-electron chi connectivity index (χ4n) is 9.47. The summed E-state index contributed by atoms with van der Waals surface area (Å²) in [4.78, 5) is 43.2. The Morgan fingerprint density at radius 2 is 1.59 bits per heavy atom. The van der Waals surface area contributed by atoms with Gasteiger partial charge < -0.3 is 49.8 Å². The first-order valence-corrected chi connectivity index (χ1v) is 21.9. The first kappa shape index (κ1) is 47.3. The molecule has 344 valence electrons. The minimum Gasteiger partial charge on any atom is -0.507 e. The summed E-state index contributed by atoms with van der Waals surface area (Å²) < 4.78 is 23.7. The number of carbonyl (C=O) groups is 3. The standard InChI is InChI=1S/C47H64N4O12/c1-24-13-12-14-25(2)46(59)49-37-32(23-48-51-20-18-50(19-21-51)31-15-10-11-16-31)41(56)34-35(42(37)57)40(55)29(6)44-36(34)45(58)47(8,63-44)61-22-17-33(60-9)26(3)43(62-30(7)52)28(5)39(54)27(4)38(24)53/h12-14,17,22-24,26-28,31,33,38-39,43,53-57H,10-11,15-16,18-21H2,1-9H3,(H,49,59)/b13-12-,22-17-,25-14-,48-23?/t24-,26+,27+,28+,33-,38-,39+,43+,47-/m0/s1. The lowest BCUT2D eigenvalue weighted by atomic mass is 9.78. The summed E-state index contributed by atoms with van der Waals surface area (Å²) in [6.45, 7) is 15.4. The molecule has 16 heteroatoms. The van der Waals surface area contributed by atoms with Crippen molar-refractivity contribution < 1.29 is 58.9 Å². The Kier molecular flexibility index (Phi) is 14.5. The maximum absolute atomic E-state index is 14.5. The molecule has 5 aliphatic rings. The number of benzene rings is 2. The highest BCUT2D eigenvalue weighted by atomic mass is 16.7. The van der Waals surface area contributed by atoms with Gasteiger partial charge >= 0.3 is 11.8 Å². The topological polar surface area (TPSA) is 220 Å². The Morgan fingerprint density at radius 3 is 2.22 bits per heavy atom. The molecule has 0 spiro atoms. The van der Waals surface area contributed by atoms with E-state index in [0.717, 1.165) is 13.1 Å². The highest BCUT2D eigenvalue weighted by Crippen LogP contribution is 2.55. The van der Waals surface area contributed by atoms with Crippen molar-refractivity contribution in [2.24, 2.45) is 28.8 Å². The second-order valence-corrected chi connectivity index (χ2v) is 17.8. The molecule has 4 heterocycles. The number of nitrogens with one attached hydrogen (secondary N) is 1. The maximum Gasteiger partial charge on any atom is 0.312 e. The van der Waals surface area contributed by atoms with E-state index < -0.39 is 88.8 Å². The zero-order chi connectivity index (χ0) is 46.1. The lowest BCUT2D eigenvalue weighted by Gasteiger charge is -2.38. The molecule has 4 aliphatic heterocycles. The molecule has 6 N–H and O–H groups in total. The Hall–Kier alpha value is -5.16. The minimum atomic E-state index is -2.04. The second kappa shape index (κ2) is 19.3. The number of phenols is 3. The van der Waals surface area contributed by atoms with Crippen molar-refractivity contribution in [3.05, 3.63) is 52.8 Å². The van der Waals surface area contributed by atoms with Gasteiger partial charge in [-0.1, -0.05) is 58.8 Å². The number of allylic oxidation sites excluding steroid dienone is 2. The van der Waals surface area contributed by atoms with E-state index in [1.54, 1.807) is 39.8 Å². The maximum atomic E-state index is 14.5. The summed E-state index contributed by atoms with van der Waals surface area (Å²) in [6, 6.07) is 0.553. The predicted octanol–water partition coefficient (Wildman–Crippen LogP) is 5.65. The molecule has 5 bridgehead atoms. The van der Waals surface area contributed by atoms with Crippen LogP contribution >= 0.6 is 0 Å². The lowest BCUT2D eigenvalue weighted by molar-refractivity contribution is -0.160. The van der Waals surface area contributed by atoms with Crippen LogP contribution in [-0.2, 0) is 23.8 Å². The molecule has 1 saturated heterocycles. The first-order chi connectivity index (χ1) is 29.8. The smallest absolute Gasteiger partial charge is 0.312 e. The number of esters is 1. The van der Waals surface area contributed by atoms with Gasteiger partial charge in [-0.25, -0.2) is 0 Å². The van der Waals surface area contributed by atoms with Crippen LogP contribution in [0.3, 0.4) is 0 Å². The molecule has 63 heavy (non-hydrogen) atoms. The molecular formula is C47H64N4O12. The van der Waals surface area contributed by atoms with Crippen LogP contribution < -0.4 is 10.1 Å². The monoisotopic (exact) mass is 876 g/mol. The predicted molar refractivity (Wildman–Crippen MR) is 237 cm³/mol. The van der Waals surface area contributed by atoms with Gasteiger partial charge in [0.2, 0.25) is 0 Å². The number of fused-ring (bicyclic) bond motifs is 14. The first-order valence-electron chi connectivity index (χ1n) is 21.9. The van der Waals surface area contributed by atoms with Crippen molar-refractivity contribution in [3.8, 4) is 23.0 Å². The van der Waals surface area contributed by atoms with Gasteiger partial charge in [-0.15, -0.1) is 0 Å². The van der Waals surface area contributed by atoms with E-state index in [2.05, 4.69) is 15.3 Å². The van der Waals surface area contributed by atoms with Crippen LogP contribution in [0.15, 0.2) is 41.2 Å². The third-order valence-corrected chi connectivity index (χ3v) is 13.5. The van der Waals surface area contributed by atoms with Gasteiger partial charge in [0, 0.05) is 93.4 Å². The number of hydrogen-bond acceptors (Lipinski definition) is 15. The van der Waals surface area contributed by atoms with E-state index in [1.165, 1.54) is 85.1 Å². The van der Waals surface area contributed by atoms with Crippen LogP contribution in [0, 0.1) is 30.6 Å². The number of aliphatic hydroxyl groups excluding tert-OH is 2. The van der Waals surface area contributed by atoms with Gasteiger partial charge in [0.05, 0.1) is 53.0 Å². The number of ether oxygens (including phenoxy) is 4. The number of phenolic OH excluding ortho intramolecular Hbond substituents is 3. The molecule has 16 nitrogen and oxygen atoms in total. The van der Waals surface area contributed by atoms with Gasteiger partial charge in [0.25, 0.3) is 11.7 Å². The van der Waals surface area contributed by atoms with Crippen molar-refractivity contribution in [1.82, 2.24) is 9.91 Å². The van der Waals surface area contributed by atoms with Gasteiger partial charge in [0.1, 0.15) is 23.4 Å². The van der Waals surface area contributed by atoms with Crippen molar-refractivity contribution in [1.29, 1.82) is 0 Å². The number of anilines is 1. The summed E-state index contributed by atoms with van der Waals surface area (Å²) in [5.74, 6) is -8.28. The van der Waals surface area contributed by atoms with Crippen LogP contribution in [0.5, 0.6) is 23.0 Å². The van der Waals surface area contributed by atoms with Crippen LogP contribution in [0.2, 0.25) is 0 Å². The number of aromatic hydroxyl groups is 3. The zero-order valence-electron chi connectivity index (χ0n) is 37.8. The molecular weight excluding hydrogens is 813 g/mol. The van der Waals surface area contributed by atoms with Gasteiger partial charge in [-0.2, -0.15) is 5.10 Å². The number of piperazine rings is 1. The third-order valence-electron chi connectivity index (χ3n) is 13.5. The summed E-state index contributed by atoms with van der Waals surface area (Å²) in [5, 5.41) is 67.6. The molecule has 7 rings (SSSR count). The van der Waals surface area contributed by atoms with E-state index in [9.17, 15) is 39.9 Å². The Labute approximate surface area is 368 Å². The van der Waals surface area contributed by atoms with E-state index in [4.69, 9.17) is 18.9 Å². The van der Waals surface area contributed by atoms with Gasteiger partial charge in [-0.05, 0) is 32.8 Å². The van der Waals surface area contributed by atoms with Crippen LogP contribution in [0.25, 0.3) is 10.8 Å². The summed E-state index contributed by atoms with van der Waals surface area (Å²) in [7, 11) is 1.44. The number of amides is 1. The molecule has 1 aliphatic carbocycles. The van der Waals surface area contributed by atoms with Crippen LogP contribution in [-0.4, -0.2) is 129 Å². The van der Waals surface area contributed by atoms with Crippen LogP contribution in [0.4, 0.5) is 5.69 Å². The fourth-order valence-corrected chi connectivity index (χ4v) is 9.47. The van der Waals surface area contributed by atoms with E-state index in [1.807, 2.05) is 5.01 Å². The number of hydrogen-bond donors (Lipinski definition) is 6. The molecule has 0 aromatic heterocycles. The lowest BCUT2D eigenvalue weighted by Crippen LogP contribution is -2.47. The number of aliphatic hydroxyl groups is 2. The minimum absolute atomic E-state index is 0.0631. The van der Waals surface area contributed by atoms with Gasteiger partial charge in [0.15, 0.2) is 5.75 Å².